The molecule has 0 atom stereocenters. The maximum atomic E-state index is 12.2. The fourth-order valence-electron chi connectivity index (χ4n) is 2.10. The number of esters is 1. The number of hydrogen-bond acceptors (Lipinski definition) is 8. The van der Waals surface area contributed by atoms with Crippen LogP contribution in [0.3, 0.4) is 0 Å². The summed E-state index contributed by atoms with van der Waals surface area (Å²) in [5.41, 5.74) is 0.930. The van der Waals surface area contributed by atoms with E-state index in [1.807, 2.05) is 16.8 Å². The number of hydrogen-bond donors (Lipinski definition) is 1. The summed E-state index contributed by atoms with van der Waals surface area (Å²) in [5, 5.41) is 7.58. The van der Waals surface area contributed by atoms with E-state index in [1.54, 1.807) is 6.92 Å². The van der Waals surface area contributed by atoms with Gasteiger partial charge in [-0.3, -0.25) is 0 Å². The first-order valence-electron chi connectivity index (χ1n) is 7.61. The minimum absolute atomic E-state index is 0.00802. The normalized spacial score (nSPS) is 11.4. The minimum atomic E-state index is -3.65. The predicted molar refractivity (Wildman–Crippen MR) is 94.0 cm³/mol. The molecule has 0 fully saturated rings. The van der Waals surface area contributed by atoms with Crippen LogP contribution in [-0.4, -0.2) is 31.1 Å². The van der Waals surface area contributed by atoms with Gasteiger partial charge in [0.15, 0.2) is 6.61 Å². The van der Waals surface area contributed by atoms with Crippen LogP contribution in [-0.2, 0) is 21.4 Å². The molecular weight excluding hydrogens is 378 g/mol. The van der Waals surface area contributed by atoms with E-state index in [1.165, 1.54) is 35.6 Å². The van der Waals surface area contributed by atoms with Crippen LogP contribution in [0.1, 0.15) is 23.2 Å². The van der Waals surface area contributed by atoms with Crippen molar-refractivity contribution in [2.45, 2.75) is 18.4 Å². The third-order valence-corrected chi connectivity index (χ3v) is 5.52. The second-order valence-electron chi connectivity index (χ2n) is 5.13. The first-order valence-corrected chi connectivity index (χ1v) is 10.0. The molecule has 136 valence electrons. The van der Waals surface area contributed by atoms with Crippen LogP contribution >= 0.6 is 11.3 Å². The predicted octanol–water partition coefficient (Wildman–Crippen LogP) is 2.45. The molecule has 0 radical (unpaired) electrons. The zero-order valence-electron chi connectivity index (χ0n) is 13.7. The molecule has 3 aromatic rings. The van der Waals surface area contributed by atoms with Gasteiger partial charge in [0.05, 0.1) is 10.5 Å². The second kappa shape index (κ2) is 7.77. The molecule has 2 heterocycles. The Balaban J connectivity index is 1.67. The number of ether oxygens (including phenoxy) is 1. The van der Waals surface area contributed by atoms with Crippen molar-refractivity contribution in [1.29, 1.82) is 0 Å². The fraction of sp³-hybridized carbons (Fsp3) is 0.188. The maximum Gasteiger partial charge on any atom is 0.338 e. The molecule has 0 aliphatic carbocycles. The summed E-state index contributed by atoms with van der Waals surface area (Å²) in [7, 11) is -3.65. The molecule has 1 aromatic carbocycles. The van der Waals surface area contributed by atoms with Gasteiger partial charge in [0.1, 0.15) is 0 Å². The lowest BCUT2D eigenvalue weighted by Crippen LogP contribution is -2.23. The molecule has 0 aliphatic heterocycles. The Morgan fingerprint density at radius 2 is 2.19 bits per heavy atom. The summed E-state index contributed by atoms with van der Waals surface area (Å²) in [6.45, 7) is 1.71. The summed E-state index contributed by atoms with van der Waals surface area (Å²) in [6.07, 6.45) is 0. The van der Waals surface area contributed by atoms with Gasteiger partial charge in [-0.05, 0) is 29.6 Å². The van der Waals surface area contributed by atoms with Crippen molar-refractivity contribution >= 4 is 27.3 Å². The van der Waals surface area contributed by atoms with Crippen LogP contribution in [0.2, 0.25) is 0 Å². The zero-order chi connectivity index (χ0) is 18.6. The van der Waals surface area contributed by atoms with Crippen molar-refractivity contribution in [3.63, 3.8) is 0 Å². The lowest BCUT2D eigenvalue weighted by atomic mass is 10.2. The summed E-state index contributed by atoms with van der Waals surface area (Å²) in [6, 6.07) is 7.45. The highest BCUT2D eigenvalue weighted by molar-refractivity contribution is 7.89. The lowest BCUT2D eigenvalue weighted by Gasteiger charge is -2.06. The minimum Gasteiger partial charge on any atom is -0.452 e. The van der Waals surface area contributed by atoms with Crippen LogP contribution < -0.4 is 4.72 Å². The molecule has 1 N–H and O–H groups in total. The SMILES string of the molecule is CCNS(=O)(=O)c1cccc(C(=O)OCc2nc(-c3ccsc3)no2)c1. The first kappa shape index (κ1) is 18.2. The van der Waals surface area contributed by atoms with E-state index >= 15 is 0 Å². The quantitative estimate of drug-likeness (QED) is 0.614. The fourth-order valence-corrected chi connectivity index (χ4v) is 3.82. The monoisotopic (exact) mass is 393 g/mol. The number of sulfonamides is 1. The van der Waals surface area contributed by atoms with Crippen molar-refractivity contribution < 1.29 is 22.5 Å². The molecule has 0 amide bonds. The smallest absolute Gasteiger partial charge is 0.338 e. The number of rotatable bonds is 7. The van der Waals surface area contributed by atoms with E-state index < -0.39 is 16.0 Å². The Bertz CT molecular complexity index is 997. The number of nitrogens with zero attached hydrogens (tertiary/aromatic N) is 2. The highest BCUT2D eigenvalue weighted by atomic mass is 32.2. The third-order valence-electron chi connectivity index (χ3n) is 3.29. The van der Waals surface area contributed by atoms with Crippen LogP contribution in [0.15, 0.2) is 50.5 Å². The Labute approximate surface area is 153 Å². The Kier molecular flexibility index (Phi) is 5.45. The van der Waals surface area contributed by atoms with Crippen molar-refractivity contribution in [3.8, 4) is 11.4 Å². The number of benzene rings is 1. The van der Waals surface area contributed by atoms with Crippen LogP contribution in [0.5, 0.6) is 0 Å². The van der Waals surface area contributed by atoms with Crippen molar-refractivity contribution in [1.82, 2.24) is 14.9 Å². The van der Waals surface area contributed by atoms with E-state index in [0.29, 0.717) is 5.82 Å². The molecule has 0 saturated heterocycles. The number of carbonyl (C=O) groups excluding carboxylic acids is 1. The summed E-state index contributed by atoms with van der Waals surface area (Å²) in [5.74, 6) is -0.124. The molecular formula is C16H15N3O5S2. The van der Waals surface area contributed by atoms with Gasteiger partial charge in [-0.15, -0.1) is 0 Å². The van der Waals surface area contributed by atoms with Crippen molar-refractivity contribution in [2.24, 2.45) is 0 Å². The average molecular weight is 393 g/mol. The molecule has 26 heavy (non-hydrogen) atoms. The molecule has 0 spiro atoms. The molecule has 2 aromatic heterocycles. The van der Waals surface area contributed by atoms with E-state index in [0.717, 1.165) is 5.56 Å². The van der Waals surface area contributed by atoms with Gasteiger partial charge in [0.2, 0.25) is 15.8 Å². The van der Waals surface area contributed by atoms with Gasteiger partial charge in [0, 0.05) is 17.5 Å². The molecule has 3 rings (SSSR count). The number of carbonyl (C=O) groups is 1. The highest BCUT2D eigenvalue weighted by Crippen LogP contribution is 2.19. The van der Waals surface area contributed by atoms with Gasteiger partial charge in [-0.2, -0.15) is 16.3 Å². The van der Waals surface area contributed by atoms with E-state index in [9.17, 15) is 13.2 Å². The summed E-state index contributed by atoms with van der Waals surface area (Å²) in [4.78, 5) is 16.3. The van der Waals surface area contributed by atoms with E-state index in [4.69, 9.17) is 9.26 Å². The zero-order valence-corrected chi connectivity index (χ0v) is 15.3. The van der Waals surface area contributed by atoms with E-state index in [2.05, 4.69) is 14.9 Å². The molecule has 8 nitrogen and oxygen atoms in total. The van der Waals surface area contributed by atoms with Gasteiger partial charge in [0.25, 0.3) is 5.89 Å². The van der Waals surface area contributed by atoms with Crippen LogP contribution in [0, 0.1) is 0 Å². The number of aromatic nitrogens is 2. The molecule has 0 unspecified atom stereocenters. The molecule has 0 saturated carbocycles. The molecule has 0 aliphatic rings. The highest BCUT2D eigenvalue weighted by Gasteiger charge is 2.17. The Hall–Kier alpha value is -2.56. The summed E-state index contributed by atoms with van der Waals surface area (Å²) >= 11 is 1.50. The average Bonchev–Trinajstić information content (AvgIpc) is 3.31. The molecule has 10 heteroatoms. The summed E-state index contributed by atoms with van der Waals surface area (Å²) < 4.78 is 36.5. The van der Waals surface area contributed by atoms with Gasteiger partial charge < -0.3 is 9.26 Å². The maximum absolute atomic E-state index is 12.2. The Morgan fingerprint density at radius 1 is 1.35 bits per heavy atom. The van der Waals surface area contributed by atoms with Crippen LogP contribution in [0.25, 0.3) is 11.4 Å². The van der Waals surface area contributed by atoms with Crippen molar-refractivity contribution in [3.05, 3.63) is 52.5 Å². The number of nitrogens with one attached hydrogen (secondary N) is 1. The topological polar surface area (TPSA) is 111 Å². The van der Waals surface area contributed by atoms with E-state index in [-0.39, 0.29) is 29.5 Å². The second-order valence-corrected chi connectivity index (χ2v) is 7.68. The van der Waals surface area contributed by atoms with Crippen LogP contribution in [0.4, 0.5) is 0 Å². The Morgan fingerprint density at radius 3 is 2.92 bits per heavy atom. The standard InChI is InChI=1S/C16H15N3O5S2/c1-2-17-26(21,22)13-5-3-4-11(8-13)16(20)23-9-14-18-15(19-24-14)12-6-7-25-10-12/h3-8,10,17H,2,9H2,1H3. The van der Waals surface area contributed by atoms with Gasteiger partial charge >= 0.3 is 5.97 Å². The van der Waals surface area contributed by atoms with Gasteiger partial charge in [-0.1, -0.05) is 18.1 Å². The molecule has 0 bridgehead atoms. The largest absolute Gasteiger partial charge is 0.452 e. The van der Waals surface area contributed by atoms with Gasteiger partial charge in [-0.25, -0.2) is 17.9 Å². The number of thiophene rings is 1. The lowest BCUT2D eigenvalue weighted by molar-refractivity contribution is 0.0429. The third kappa shape index (κ3) is 4.15. The first-order chi connectivity index (χ1) is 12.5. The van der Waals surface area contributed by atoms with Crippen molar-refractivity contribution in [2.75, 3.05) is 6.54 Å².